The third-order valence-electron chi connectivity index (χ3n) is 2.53. The molecule has 0 saturated heterocycles. The number of nitrogens with zero attached hydrogens (tertiary/aromatic N) is 1. The van der Waals surface area contributed by atoms with E-state index in [1.165, 1.54) is 0 Å². The number of hydrogen-bond acceptors (Lipinski definition) is 3. The highest BCUT2D eigenvalue weighted by atomic mass is 79.9. The summed E-state index contributed by atoms with van der Waals surface area (Å²) >= 11 is 3.40. The van der Waals surface area contributed by atoms with Gasteiger partial charge in [0.05, 0.1) is 0 Å². The van der Waals surface area contributed by atoms with Crippen LogP contribution in [-0.4, -0.2) is 4.98 Å². The van der Waals surface area contributed by atoms with E-state index in [2.05, 4.69) is 20.9 Å². The number of hydrogen-bond donors (Lipinski definition) is 1. The average Bonchev–Trinajstić information content (AvgIpc) is 2.37. The summed E-state index contributed by atoms with van der Waals surface area (Å²) in [6.07, 6.45) is 0. The van der Waals surface area contributed by atoms with E-state index in [0.717, 1.165) is 21.3 Å². The molecule has 1 aromatic heterocycles. The molecule has 0 aliphatic rings. The van der Waals surface area contributed by atoms with E-state index in [0.29, 0.717) is 19.0 Å². The first-order chi connectivity index (χ1) is 8.67. The minimum absolute atomic E-state index is 0.498. The number of benzene rings is 1. The number of ether oxygens (including phenoxy) is 1. The minimum Gasteiger partial charge on any atom is -0.473 e. The molecule has 3 nitrogen and oxygen atoms in total. The topological polar surface area (TPSA) is 48.1 Å². The van der Waals surface area contributed by atoms with E-state index in [1.807, 2.05) is 43.3 Å². The van der Waals surface area contributed by atoms with Gasteiger partial charge in [0.1, 0.15) is 6.61 Å². The summed E-state index contributed by atoms with van der Waals surface area (Å²) in [5.41, 5.74) is 8.69. The van der Waals surface area contributed by atoms with E-state index >= 15 is 0 Å². The molecule has 2 rings (SSSR count). The number of aryl methyl sites for hydroxylation is 1. The lowest BCUT2D eigenvalue weighted by molar-refractivity contribution is 0.293. The second-order valence-electron chi connectivity index (χ2n) is 4.07. The van der Waals surface area contributed by atoms with Crippen LogP contribution in [0.15, 0.2) is 40.9 Å². The van der Waals surface area contributed by atoms with Gasteiger partial charge in [0, 0.05) is 22.8 Å². The molecule has 2 N–H and O–H groups in total. The first-order valence-corrected chi connectivity index (χ1v) is 6.51. The van der Waals surface area contributed by atoms with Crippen LogP contribution in [0.4, 0.5) is 0 Å². The quantitative estimate of drug-likeness (QED) is 0.943. The van der Waals surface area contributed by atoms with Crippen molar-refractivity contribution in [3.05, 3.63) is 57.7 Å². The summed E-state index contributed by atoms with van der Waals surface area (Å²) in [5, 5.41) is 0. The Labute approximate surface area is 115 Å². The van der Waals surface area contributed by atoms with Crippen LogP contribution in [0, 0.1) is 6.92 Å². The Kier molecular flexibility index (Phi) is 4.33. The van der Waals surface area contributed by atoms with Crippen molar-refractivity contribution in [3.8, 4) is 5.88 Å². The Morgan fingerprint density at radius 1 is 1.17 bits per heavy atom. The fourth-order valence-corrected chi connectivity index (χ4v) is 1.90. The van der Waals surface area contributed by atoms with Gasteiger partial charge >= 0.3 is 0 Å². The maximum Gasteiger partial charge on any atom is 0.214 e. The fourth-order valence-electron chi connectivity index (χ4n) is 1.64. The molecule has 0 radical (unpaired) electrons. The van der Waals surface area contributed by atoms with Crippen molar-refractivity contribution in [1.29, 1.82) is 0 Å². The minimum atomic E-state index is 0.498. The Hall–Kier alpha value is -1.39. The Balaban J connectivity index is 2.05. The van der Waals surface area contributed by atoms with Gasteiger partial charge < -0.3 is 10.5 Å². The van der Waals surface area contributed by atoms with Gasteiger partial charge in [0.25, 0.3) is 0 Å². The molecule has 0 bridgehead atoms. The molecule has 0 aliphatic heterocycles. The second kappa shape index (κ2) is 5.98. The molecule has 2 aromatic rings. The highest BCUT2D eigenvalue weighted by molar-refractivity contribution is 9.10. The average molecular weight is 307 g/mol. The van der Waals surface area contributed by atoms with E-state index in [9.17, 15) is 0 Å². The smallest absolute Gasteiger partial charge is 0.214 e. The molecule has 1 heterocycles. The molecule has 0 aliphatic carbocycles. The van der Waals surface area contributed by atoms with Crippen LogP contribution in [0.1, 0.15) is 16.8 Å². The van der Waals surface area contributed by atoms with Gasteiger partial charge in [-0.25, -0.2) is 4.98 Å². The number of nitrogens with two attached hydrogens (primary N) is 1. The molecule has 1 aromatic carbocycles. The predicted molar refractivity (Wildman–Crippen MR) is 75.3 cm³/mol. The zero-order chi connectivity index (χ0) is 13.0. The van der Waals surface area contributed by atoms with Crippen LogP contribution < -0.4 is 10.5 Å². The molecule has 0 spiro atoms. The normalized spacial score (nSPS) is 10.4. The highest BCUT2D eigenvalue weighted by Gasteiger charge is 2.01. The molecule has 94 valence electrons. The standard InChI is InChI=1S/C14H15BrN2O/c1-10-6-12(8-16)7-14(17-10)18-9-11-2-4-13(15)5-3-11/h2-7H,8-9,16H2,1H3. The highest BCUT2D eigenvalue weighted by Crippen LogP contribution is 2.15. The van der Waals surface area contributed by atoms with Crippen molar-refractivity contribution in [3.63, 3.8) is 0 Å². The monoisotopic (exact) mass is 306 g/mol. The summed E-state index contributed by atoms with van der Waals surface area (Å²) in [4.78, 5) is 4.33. The van der Waals surface area contributed by atoms with Gasteiger partial charge in [-0.05, 0) is 36.2 Å². The summed E-state index contributed by atoms with van der Waals surface area (Å²) < 4.78 is 6.73. The summed E-state index contributed by atoms with van der Waals surface area (Å²) in [7, 11) is 0. The lowest BCUT2D eigenvalue weighted by Gasteiger charge is -2.08. The van der Waals surface area contributed by atoms with Gasteiger partial charge in [-0.15, -0.1) is 0 Å². The number of aromatic nitrogens is 1. The van der Waals surface area contributed by atoms with Gasteiger partial charge in [-0.1, -0.05) is 28.1 Å². The van der Waals surface area contributed by atoms with Crippen molar-refractivity contribution >= 4 is 15.9 Å². The molecule has 0 fully saturated rings. The maximum atomic E-state index is 5.67. The first kappa shape index (κ1) is 13.1. The molecular formula is C14H15BrN2O. The van der Waals surface area contributed by atoms with Crippen molar-refractivity contribution in [2.24, 2.45) is 5.73 Å². The van der Waals surface area contributed by atoms with Crippen LogP contribution >= 0.6 is 15.9 Å². The van der Waals surface area contributed by atoms with Gasteiger partial charge in [-0.2, -0.15) is 0 Å². The number of pyridine rings is 1. The SMILES string of the molecule is Cc1cc(CN)cc(OCc2ccc(Br)cc2)n1. The third kappa shape index (κ3) is 3.55. The fraction of sp³-hybridized carbons (Fsp3) is 0.214. The van der Waals surface area contributed by atoms with Crippen LogP contribution in [0.5, 0.6) is 5.88 Å². The summed E-state index contributed by atoms with van der Waals surface area (Å²) in [6.45, 7) is 2.94. The lowest BCUT2D eigenvalue weighted by atomic mass is 10.2. The van der Waals surface area contributed by atoms with Crippen molar-refractivity contribution < 1.29 is 4.74 Å². The molecule has 18 heavy (non-hydrogen) atoms. The second-order valence-corrected chi connectivity index (χ2v) is 4.99. The molecule has 0 atom stereocenters. The maximum absolute atomic E-state index is 5.67. The van der Waals surface area contributed by atoms with E-state index in [4.69, 9.17) is 10.5 Å². The van der Waals surface area contributed by atoms with Crippen molar-refractivity contribution in [1.82, 2.24) is 4.98 Å². The summed E-state index contributed by atoms with van der Waals surface area (Å²) in [6, 6.07) is 11.9. The van der Waals surface area contributed by atoms with Crippen LogP contribution in [-0.2, 0) is 13.2 Å². The molecule has 0 unspecified atom stereocenters. The van der Waals surface area contributed by atoms with E-state index in [-0.39, 0.29) is 0 Å². The van der Waals surface area contributed by atoms with Crippen molar-refractivity contribution in [2.75, 3.05) is 0 Å². The van der Waals surface area contributed by atoms with E-state index in [1.54, 1.807) is 0 Å². The summed E-state index contributed by atoms with van der Waals surface area (Å²) in [5.74, 6) is 0.623. The largest absolute Gasteiger partial charge is 0.473 e. The molecular weight excluding hydrogens is 292 g/mol. The third-order valence-corrected chi connectivity index (χ3v) is 3.05. The molecule has 0 amide bonds. The Morgan fingerprint density at radius 2 is 1.89 bits per heavy atom. The van der Waals surface area contributed by atoms with Crippen LogP contribution in [0.25, 0.3) is 0 Å². The van der Waals surface area contributed by atoms with Crippen molar-refractivity contribution in [2.45, 2.75) is 20.1 Å². The zero-order valence-electron chi connectivity index (χ0n) is 10.2. The molecule has 4 heteroatoms. The van der Waals surface area contributed by atoms with E-state index < -0.39 is 0 Å². The molecule has 0 saturated carbocycles. The lowest BCUT2D eigenvalue weighted by Crippen LogP contribution is -2.02. The Bertz CT molecular complexity index is 526. The van der Waals surface area contributed by atoms with Gasteiger partial charge in [0.15, 0.2) is 0 Å². The number of halogens is 1. The Morgan fingerprint density at radius 3 is 2.56 bits per heavy atom. The van der Waals surface area contributed by atoms with Crippen LogP contribution in [0.2, 0.25) is 0 Å². The van der Waals surface area contributed by atoms with Gasteiger partial charge in [0.2, 0.25) is 5.88 Å². The predicted octanol–water partition coefficient (Wildman–Crippen LogP) is 3.19. The zero-order valence-corrected chi connectivity index (χ0v) is 11.8. The van der Waals surface area contributed by atoms with Crippen LogP contribution in [0.3, 0.4) is 0 Å². The first-order valence-electron chi connectivity index (χ1n) is 5.72. The number of rotatable bonds is 4. The van der Waals surface area contributed by atoms with Gasteiger partial charge in [-0.3, -0.25) is 0 Å².